The third kappa shape index (κ3) is 6.55. The Bertz CT molecular complexity index is 1080. The topological polar surface area (TPSA) is 103 Å². The van der Waals surface area contributed by atoms with Gasteiger partial charge in [-0.05, 0) is 38.0 Å². The number of aryl methyl sites for hydroxylation is 1. The van der Waals surface area contributed by atoms with Crippen LogP contribution >= 0.6 is 0 Å². The molecule has 0 aliphatic carbocycles. The Morgan fingerprint density at radius 1 is 1.18 bits per heavy atom. The fraction of sp³-hybridized carbons (Fsp3) is 0.348. The van der Waals surface area contributed by atoms with Gasteiger partial charge in [0.05, 0.1) is 19.6 Å². The molecule has 0 amide bonds. The average molecular weight is 462 g/mol. The summed E-state index contributed by atoms with van der Waals surface area (Å²) in [6.07, 6.45) is -0.629. The summed E-state index contributed by atoms with van der Waals surface area (Å²) in [5.41, 5.74) is 7.00. The highest BCUT2D eigenvalue weighted by atomic mass is 19.4. The number of aromatic nitrogens is 3. The van der Waals surface area contributed by atoms with E-state index in [-0.39, 0.29) is 6.42 Å². The fourth-order valence-electron chi connectivity index (χ4n) is 3.38. The third-order valence-corrected chi connectivity index (χ3v) is 5.08. The number of pyridine rings is 1. The zero-order chi connectivity index (χ0) is 24.0. The van der Waals surface area contributed by atoms with Crippen LogP contribution in [0.3, 0.4) is 0 Å². The van der Waals surface area contributed by atoms with E-state index >= 15 is 0 Å². The minimum Gasteiger partial charge on any atom is -0.493 e. The number of carboxylic acids is 1. The van der Waals surface area contributed by atoms with Crippen molar-refractivity contribution in [2.45, 2.75) is 44.9 Å². The molecule has 10 heteroatoms. The Hall–Kier alpha value is -3.40. The Balaban J connectivity index is 1.72. The lowest BCUT2D eigenvalue weighted by Gasteiger charge is -2.15. The van der Waals surface area contributed by atoms with Crippen molar-refractivity contribution in [1.29, 1.82) is 0 Å². The number of halogens is 3. The zero-order valence-electron chi connectivity index (χ0n) is 18.0. The molecule has 2 aromatic heterocycles. The monoisotopic (exact) mass is 462 g/mol. The standard InChI is InChI=1S/C23H25F3N4O3/c1-15-12-29-22(16-8-9-20(28-13-16)23(24,25)26)30(15)14-17-5-2-3-7-19(17)33-10-4-6-18(27)11-21(31)32/h2-3,5,7-9,12-13,18H,4,6,10-11,14,27H2,1H3,(H,31,32)/t18-/m1/s1. The summed E-state index contributed by atoms with van der Waals surface area (Å²) in [5, 5.41) is 8.78. The van der Waals surface area contributed by atoms with Crippen LogP contribution in [-0.2, 0) is 17.5 Å². The summed E-state index contributed by atoms with van der Waals surface area (Å²) >= 11 is 0. The van der Waals surface area contributed by atoms with Gasteiger partial charge in [-0.15, -0.1) is 0 Å². The summed E-state index contributed by atoms with van der Waals surface area (Å²) in [7, 11) is 0. The van der Waals surface area contributed by atoms with Crippen molar-refractivity contribution >= 4 is 5.97 Å². The average Bonchev–Trinajstić information content (AvgIpc) is 3.11. The largest absolute Gasteiger partial charge is 0.493 e. The molecule has 33 heavy (non-hydrogen) atoms. The minimum atomic E-state index is -4.50. The van der Waals surface area contributed by atoms with E-state index in [0.29, 0.717) is 43.1 Å². The molecule has 2 heterocycles. The van der Waals surface area contributed by atoms with Gasteiger partial charge in [0, 0.05) is 35.3 Å². The Labute approximate surface area is 189 Å². The normalized spacial score (nSPS) is 12.5. The Morgan fingerprint density at radius 3 is 2.61 bits per heavy atom. The number of alkyl halides is 3. The van der Waals surface area contributed by atoms with E-state index in [2.05, 4.69) is 9.97 Å². The van der Waals surface area contributed by atoms with Crippen molar-refractivity contribution in [1.82, 2.24) is 14.5 Å². The molecule has 176 valence electrons. The quantitative estimate of drug-likeness (QED) is 0.436. The number of nitrogens with two attached hydrogens (primary N) is 1. The van der Waals surface area contributed by atoms with Crippen LogP contribution in [0.1, 0.15) is 36.2 Å². The van der Waals surface area contributed by atoms with E-state index in [1.54, 1.807) is 6.20 Å². The van der Waals surface area contributed by atoms with Crippen LogP contribution in [0, 0.1) is 6.92 Å². The summed E-state index contributed by atoms with van der Waals surface area (Å²) in [4.78, 5) is 18.6. The summed E-state index contributed by atoms with van der Waals surface area (Å²) < 4.78 is 46.3. The highest BCUT2D eigenvalue weighted by molar-refractivity contribution is 5.67. The van der Waals surface area contributed by atoms with Crippen LogP contribution in [0.2, 0.25) is 0 Å². The number of rotatable bonds is 10. The van der Waals surface area contributed by atoms with Gasteiger partial charge in [-0.25, -0.2) is 4.98 Å². The van der Waals surface area contributed by atoms with Crippen molar-refractivity contribution in [2.75, 3.05) is 6.61 Å². The van der Waals surface area contributed by atoms with Crippen molar-refractivity contribution < 1.29 is 27.8 Å². The molecule has 0 saturated carbocycles. The highest BCUT2D eigenvalue weighted by Crippen LogP contribution is 2.29. The van der Waals surface area contributed by atoms with E-state index in [1.807, 2.05) is 35.8 Å². The van der Waals surface area contributed by atoms with Crippen molar-refractivity contribution in [2.24, 2.45) is 5.73 Å². The van der Waals surface area contributed by atoms with Crippen molar-refractivity contribution in [3.05, 3.63) is 65.7 Å². The first-order chi connectivity index (χ1) is 15.6. The number of carboxylic acid groups (broad SMARTS) is 1. The van der Waals surface area contributed by atoms with E-state index in [9.17, 15) is 18.0 Å². The molecule has 1 aromatic carbocycles. The molecule has 0 bridgehead atoms. The first-order valence-corrected chi connectivity index (χ1v) is 10.4. The molecule has 0 radical (unpaired) electrons. The highest BCUT2D eigenvalue weighted by Gasteiger charge is 2.32. The van der Waals surface area contributed by atoms with E-state index in [4.69, 9.17) is 15.6 Å². The van der Waals surface area contributed by atoms with Gasteiger partial charge < -0.3 is 20.1 Å². The molecule has 0 spiro atoms. The van der Waals surface area contributed by atoms with Crippen LogP contribution < -0.4 is 10.5 Å². The molecule has 0 aliphatic heterocycles. The number of hydrogen-bond acceptors (Lipinski definition) is 5. The maximum absolute atomic E-state index is 12.8. The number of para-hydroxylation sites is 1. The van der Waals surface area contributed by atoms with Crippen molar-refractivity contribution in [3.8, 4) is 17.1 Å². The molecule has 1 atom stereocenters. The minimum absolute atomic E-state index is 0.0852. The number of nitrogens with zero attached hydrogens (tertiary/aromatic N) is 3. The number of aliphatic carboxylic acids is 1. The van der Waals surface area contributed by atoms with E-state index < -0.39 is 23.9 Å². The van der Waals surface area contributed by atoms with Gasteiger partial charge >= 0.3 is 12.1 Å². The lowest BCUT2D eigenvalue weighted by Crippen LogP contribution is -2.24. The molecular formula is C23H25F3N4O3. The lowest BCUT2D eigenvalue weighted by molar-refractivity contribution is -0.141. The molecule has 7 nitrogen and oxygen atoms in total. The molecule has 0 fully saturated rings. The number of imidazole rings is 1. The first kappa shape index (κ1) is 24.2. The first-order valence-electron chi connectivity index (χ1n) is 10.4. The predicted molar refractivity (Wildman–Crippen MR) is 116 cm³/mol. The summed E-state index contributed by atoms with van der Waals surface area (Å²) in [6.45, 7) is 2.64. The summed E-state index contributed by atoms with van der Waals surface area (Å²) in [6, 6.07) is 9.33. The number of benzene rings is 1. The number of carbonyl (C=O) groups is 1. The Morgan fingerprint density at radius 2 is 1.94 bits per heavy atom. The molecule has 0 unspecified atom stereocenters. The third-order valence-electron chi connectivity index (χ3n) is 5.08. The van der Waals surface area contributed by atoms with Gasteiger partial charge in [0.1, 0.15) is 17.3 Å². The van der Waals surface area contributed by atoms with Crippen LogP contribution in [0.15, 0.2) is 48.8 Å². The van der Waals surface area contributed by atoms with Gasteiger partial charge in [0.2, 0.25) is 0 Å². The van der Waals surface area contributed by atoms with E-state index in [0.717, 1.165) is 17.3 Å². The van der Waals surface area contributed by atoms with Crippen LogP contribution in [0.4, 0.5) is 13.2 Å². The van der Waals surface area contributed by atoms with Crippen molar-refractivity contribution in [3.63, 3.8) is 0 Å². The van der Waals surface area contributed by atoms with Crippen LogP contribution in [0.25, 0.3) is 11.4 Å². The second-order valence-electron chi connectivity index (χ2n) is 7.70. The van der Waals surface area contributed by atoms with E-state index in [1.165, 1.54) is 12.3 Å². The van der Waals surface area contributed by atoms with Crippen LogP contribution in [-0.4, -0.2) is 38.3 Å². The maximum atomic E-state index is 12.8. The second kappa shape index (κ2) is 10.5. The number of ether oxygens (including phenoxy) is 1. The zero-order valence-corrected chi connectivity index (χ0v) is 18.0. The van der Waals surface area contributed by atoms with Gasteiger partial charge in [0.25, 0.3) is 0 Å². The molecule has 0 aliphatic rings. The predicted octanol–water partition coefficient (Wildman–Crippen LogP) is 4.28. The molecule has 3 N–H and O–H groups in total. The SMILES string of the molecule is Cc1cnc(-c2ccc(C(F)(F)F)nc2)n1Cc1ccccc1OCCC[C@@H](N)CC(=O)O. The molecule has 3 rings (SSSR count). The molecule has 0 saturated heterocycles. The second-order valence-corrected chi connectivity index (χ2v) is 7.70. The molecule has 3 aromatic rings. The molecular weight excluding hydrogens is 437 g/mol. The fourth-order valence-corrected chi connectivity index (χ4v) is 3.38. The summed E-state index contributed by atoms with van der Waals surface area (Å²) in [5.74, 6) is 0.237. The van der Waals surface area contributed by atoms with Gasteiger partial charge in [0.15, 0.2) is 0 Å². The maximum Gasteiger partial charge on any atom is 0.433 e. The number of hydrogen-bond donors (Lipinski definition) is 2. The Kier molecular flexibility index (Phi) is 7.70. The van der Waals surface area contributed by atoms with Gasteiger partial charge in [-0.2, -0.15) is 13.2 Å². The van der Waals surface area contributed by atoms with Gasteiger partial charge in [-0.1, -0.05) is 18.2 Å². The smallest absolute Gasteiger partial charge is 0.433 e. The lowest BCUT2D eigenvalue weighted by atomic mass is 10.1. The van der Waals surface area contributed by atoms with Gasteiger partial charge in [-0.3, -0.25) is 9.78 Å². The van der Waals surface area contributed by atoms with Crippen LogP contribution in [0.5, 0.6) is 5.75 Å².